The minimum atomic E-state index is -0.0767. The van der Waals surface area contributed by atoms with Crippen LogP contribution in [0.5, 0.6) is 0 Å². The molecular formula is C16H22ClN3. The van der Waals surface area contributed by atoms with Crippen molar-refractivity contribution < 1.29 is 0 Å². The largest absolute Gasteiger partial charge is 0.311 e. The van der Waals surface area contributed by atoms with E-state index in [1.807, 2.05) is 19.2 Å². The van der Waals surface area contributed by atoms with E-state index in [2.05, 4.69) is 16.5 Å². The first kappa shape index (κ1) is 13.9. The lowest BCUT2D eigenvalue weighted by Gasteiger charge is -2.13. The Balaban J connectivity index is 1.94. The van der Waals surface area contributed by atoms with Crippen LogP contribution in [0.1, 0.15) is 55.8 Å². The van der Waals surface area contributed by atoms with Gasteiger partial charge in [0, 0.05) is 12.7 Å². The van der Waals surface area contributed by atoms with E-state index in [0.717, 1.165) is 29.5 Å². The minimum Gasteiger partial charge on any atom is -0.311 e. The molecule has 1 atom stereocenters. The summed E-state index contributed by atoms with van der Waals surface area (Å²) in [7, 11) is 0. The molecule has 1 aliphatic carbocycles. The third-order valence-corrected chi connectivity index (χ3v) is 4.65. The quantitative estimate of drug-likeness (QED) is 0.770. The van der Waals surface area contributed by atoms with E-state index in [-0.39, 0.29) is 5.38 Å². The van der Waals surface area contributed by atoms with Gasteiger partial charge in [0.2, 0.25) is 0 Å². The molecule has 2 aromatic heterocycles. The molecule has 2 aromatic rings. The molecular weight excluding hydrogens is 270 g/mol. The Morgan fingerprint density at radius 3 is 2.85 bits per heavy atom. The lowest BCUT2D eigenvalue weighted by atomic mass is 10.0. The average molecular weight is 292 g/mol. The lowest BCUT2D eigenvalue weighted by molar-refractivity contribution is 0.455. The van der Waals surface area contributed by atoms with Gasteiger partial charge >= 0.3 is 0 Å². The fourth-order valence-electron chi connectivity index (χ4n) is 3.29. The molecule has 0 aromatic carbocycles. The van der Waals surface area contributed by atoms with Crippen LogP contribution in [0, 0.1) is 12.8 Å². The normalized spacial score (nSPS) is 17.9. The first-order valence-electron chi connectivity index (χ1n) is 7.62. The van der Waals surface area contributed by atoms with E-state index in [4.69, 9.17) is 16.6 Å². The molecule has 0 radical (unpaired) electrons. The number of imidazole rings is 1. The molecule has 0 bridgehead atoms. The fourth-order valence-corrected chi connectivity index (χ4v) is 3.46. The van der Waals surface area contributed by atoms with Crippen molar-refractivity contribution in [3.63, 3.8) is 0 Å². The van der Waals surface area contributed by atoms with Gasteiger partial charge < -0.3 is 4.57 Å². The molecule has 1 saturated carbocycles. The summed E-state index contributed by atoms with van der Waals surface area (Å²) in [5.41, 5.74) is 3.17. The first-order valence-corrected chi connectivity index (χ1v) is 8.06. The molecule has 1 unspecified atom stereocenters. The number of nitrogens with zero attached hydrogens (tertiary/aromatic N) is 3. The standard InChI is InChI=1S/C16H22ClN3/c1-11-7-9-18-16-14(11)19-15(12(2)17)20(16)10-8-13-5-3-4-6-13/h7,9,12-13H,3-6,8,10H2,1-2H3. The zero-order valence-electron chi connectivity index (χ0n) is 12.3. The molecule has 3 rings (SSSR count). The maximum absolute atomic E-state index is 6.32. The van der Waals surface area contributed by atoms with Gasteiger partial charge in [-0.1, -0.05) is 25.7 Å². The Hall–Kier alpha value is -1.09. The Morgan fingerprint density at radius 2 is 2.15 bits per heavy atom. The van der Waals surface area contributed by atoms with Crippen LogP contribution in [0.2, 0.25) is 0 Å². The zero-order valence-corrected chi connectivity index (χ0v) is 13.0. The molecule has 0 amide bonds. The Kier molecular flexibility index (Phi) is 3.97. The third-order valence-electron chi connectivity index (χ3n) is 4.46. The second kappa shape index (κ2) is 5.72. The lowest BCUT2D eigenvalue weighted by Crippen LogP contribution is -2.08. The van der Waals surface area contributed by atoms with Crippen molar-refractivity contribution in [3.05, 3.63) is 23.7 Å². The predicted octanol–water partition coefficient (Wildman–Crippen LogP) is 4.62. The summed E-state index contributed by atoms with van der Waals surface area (Å²) >= 11 is 6.32. The van der Waals surface area contributed by atoms with Crippen molar-refractivity contribution in [2.24, 2.45) is 5.92 Å². The number of fused-ring (bicyclic) bond motifs is 1. The Morgan fingerprint density at radius 1 is 1.40 bits per heavy atom. The smallest absolute Gasteiger partial charge is 0.160 e. The molecule has 0 spiro atoms. The van der Waals surface area contributed by atoms with E-state index < -0.39 is 0 Å². The molecule has 108 valence electrons. The summed E-state index contributed by atoms with van der Waals surface area (Å²) in [5, 5.41) is -0.0767. The van der Waals surface area contributed by atoms with E-state index in [9.17, 15) is 0 Å². The number of aryl methyl sites for hydroxylation is 2. The minimum absolute atomic E-state index is 0.0767. The van der Waals surface area contributed by atoms with E-state index in [0.29, 0.717) is 0 Å². The van der Waals surface area contributed by atoms with Gasteiger partial charge in [-0.15, -0.1) is 11.6 Å². The maximum Gasteiger partial charge on any atom is 0.160 e. The molecule has 0 N–H and O–H groups in total. The molecule has 0 saturated heterocycles. The summed E-state index contributed by atoms with van der Waals surface area (Å²) < 4.78 is 2.23. The fraction of sp³-hybridized carbons (Fsp3) is 0.625. The summed E-state index contributed by atoms with van der Waals surface area (Å²) in [5.74, 6) is 1.83. The SMILES string of the molecule is Cc1ccnc2c1nc(C(C)Cl)n2CCC1CCCC1. The Bertz CT molecular complexity index is 597. The van der Waals surface area contributed by atoms with Crippen LogP contribution in [0.15, 0.2) is 12.3 Å². The van der Waals surface area contributed by atoms with Crippen LogP contribution in [0.4, 0.5) is 0 Å². The van der Waals surface area contributed by atoms with Gasteiger partial charge in [-0.2, -0.15) is 0 Å². The van der Waals surface area contributed by atoms with Crippen molar-refractivity contribution in [3.8, 4) is 0 Å². The summed E-state index contributed by atoms with van der Waals surface area (Å²) in [6, 6.07) is 2.01. The van der Waals surface area contributed by atoms with Crippen molar-refractivity contribution in [2.75, 3.05) is 0 Å². The van der Waals surface area contributed by atoms with E-state index >= 15 is 0 Å². The number of rotatable bonds is 4. The van der Waals surface area contributed by atoms with Gasteiger partial charge in [0.1, 0.15) is 11.3 Å². The van der Waals surface area contributed by atoms with Crippen LogP contribution in [-0.4, -0.2) is 14.5 Å². The number of halogens is 1. The van der Waals surface area contributed by atoms with Crippen molar-refractivity contribution in [1.29, 1.82) is 0 Å². The van der Waals surface area contributed by atoms with Crippen LogP contribution >= 0.6 is 11.6 Å². The highest BCUT2D eigenvalue weighted by molar-refractivity contribution is 6.20. The monoisotopic (exact) mass is 291 g/mol. The molecule has 2 heterocycles. The molecule has 20 heavy (non-hydrogen) atoms. The molecule has 1 aliphatic rings. The van der Waals surface area contributed by atoms with Crippen molar-refractivity contribution in [1.82, 2.24) is 14.5 Å². The number of pyridine rings is 1. The zero-order chi connectivity index (χ0) is 14.1. The average Bonchev–Trinajstić information content (AvgIpc) is 3.03. The van der Waals surface area contributed by atoms with Gasteiger partial charge in [-0.25, -0.2) is 9.97 Å². The molecule has 3 nitrogen and oxygen atoms in total. The number of aromatic nitrogens is 3. The van der Waals surface area contributed by atoms with Gasteiger partial charge in [-0.3, -0.25) is 0 Å². The van der Waals surface area contributed by atoms with Crippen molar-refractivity contribution >= 4 is 22.8 Å². The molecule has 0 aliphatic heterocycles. The van der Waals surface area contributed by atoms with E-state index in [1.165, 1.54) is 37.7 Å². The maximum atomic E-state index is 6.32. The van der Waals surface area contributed by atoms with Crippen LogP contribution in [0.3, 0.4) is 0 Å². The Labute approximate surface area is 125 Å². The van der Waals surface area contributed by atoms with Gasteiger partial charge in [0.15, 0.2) is 5.65 Å². The molecule has 1 fully saturated rings. The summed E-state index contributed by atoms with van der Waals surface area (Å²) in [6.45, 7) is 5.06. The van der Waals surface area contributed by atoms with Crippen LogP contribution in [-0.2, 0) is 6.54 Å². The number of hydrogen-bond donors (Lipinski definition) is 0. The summed E-state index contributed by atoms with van der Waals surface area (Å²) in [4.78, 5) is 9.26. The highest BCUT2D eigenvalue weighted by atomic mass is 35.5. The topological polar surface area (TPSA) is 30.7 Å². The highest BCUT2D eigenvalue weighted by Gasteiger charge is 2.19. The highest BCUT2D eigenvalue weighted by Crippen LogP contribution is 2.30. The van der Waals surface area contributed by atoms with Crippen LogP contribution < -0.4 is 0 Å². The van der Waals surface area contributed by atoms with Crippen LogP contribution in [0.25, 0.3) is 11.2 Å². The predicted molar refractivity (Wildman–Crippen MR) is 83.1 cm³/mol. The second-order valence-electron chi connectivity index (χ2n) is 5.98. The van der Waals surface area contributed by atoms with Gasteiger partial charge in [0.05, 0.1) is 5.38 Å². The second-order valence-corrected chi connectivity index (χ2v) is 6.63. The number of hydrogen-bond acceptors (Lipinski definition) is 2. The van der Waals surface area contributed by atoms with E-state index in [1.54, 1.807) is 0 Å². The third kappa shape index (κ3) is 2.56. The first-order chi connectivity index (χ1) is 9.66. The van der Waals surface area contributed by atoms with Gasteiger partial charge in [0.25, 0.3) is 0 Å². The number of alkyl halides is 1. The van der Waals surface area contributed by atoms with Gasteiger partial charge in [-0.05, 0) is 37.8 Å². The summed E-state index contributed by atoms with van der Waals surface area (Å²) in [6.07, 6.45) is 8.64. The molecule has 4 heteroatoms. The van der Waals surface area contributed by atoms with Crippen molar-refractivity contribution in [2.45, 2.75) is 57.9 Å².